The Morgan fingerprint density at radius 3 is 2.67 bits per heavy atom. The molecule has 6 heteroatoms. The van der Waals surface area contributed by atoms with Gasteiger partial charge in [-0.3, -0.25) is 4.98 Å². The minimum absolute atomic E-state index is 0.196. The first-order chi connectivity index (χ1) is 11.5. The number of nitrogens with zero attached hydrogens (tertiary/aromatic N) is 2. The van der Waals surface area contributed by atoms with E-state index in [9.17, 15) is 9.90 Å². The number of carbonyl (C=O) groups is 1. The average Bonchev–Trinajstić information content (AvgIpc) is 2.96. The predicted octanol–water partition coefficient (Wildman–Crippen LogP) is 3.11. The number of methoxy groups -OCH3 is 2. The van der Waals surface area contributed by atoms with Crippen molar-refractivity contribution in [2.24, 2.45) is 0 Å². The van der Waals surface area contributed by atoms with Gasteiger partial charge in [-0.05, 0) is 30.7 Å². The van der Waals surface area contributed by atoms with Gasteiger partial charge < -0.3 is 19.1 Å². The number of aromatic nitrogens is 2. The monoisotopic (exact) mass is 326 g/mol. The first-order valence-corrected chi connectivity index (χ1v) is 7.44. The lowest BCUT2D eigenvalue weighted by molar-refractivity contribution is 0.0686. The van der Waals surface area contributed by atoms with Gasteiger partial charge in [0.15, 0.2) is 0 Å². The number of hydrogen-bond acceptors (Lipinski definition) is 4. The van der Waals surface area contributed by atoms with Gasteiger partial charge in [0.25, 0.3) is 0 Å². The van der Waals surface area contributed by atoms with Crippen molar-refractivity contribution in [3.8, 4) is 11.5 Å². The molecule has 0 fully saturated rings. The van der Waals surface area contributed by atoms with E-state index in [1.807, 2.05) is 19.1 Å². The summed E-state index contributed by atoms with van der Waals surface area (Å²) in [5.74, 6) is 0.341. The fourth-order valence-electron chi connectivity index (χ4n) is 2.88. The molecule has 124 valence electrons. The number of fused-ring (bicyclic) bond motifs is 1. The first kappa shape index (κ1) is 15.9. The quantitative estimate of drug-likeness (QED) is 0.780. The van der Waals surface area contributed by atoms with E-state index in [-0.39, 0.29) is 5.69 Å². The maximum absolute atomic E-state index is 11.7. The van der Waals surface area contributed by atoms with Gasteiger partial charge in [-0.15, -0.1) is 0 Å². The van der Waals surface area contributed by atoms with Crippen LogP contribution in [0.5, 0.6) is 11.5 Å². The molecule has 0 bridgehead atoms. The summed E-state index contributed by atoms with van der Waals surface area (Å²) in [6, 6.07) is 8.96. The summed E-state index contributed by atoms with van der Waals surface area (Å²) in [5, 5.41) is 10.4. The number of rotatable bonds is 5. The molecule has 2 heterocycles. The highest BCUT2D eigenvalue weighted by atomic mass is 16.5. The van der Waals surface area contributed by atoms with Crippen LogP contribution in [0.2, 0.25) is 0 Å². The molecule has 3 rings (SSSR count). The second-order valence-electron chi connectivity index (χ2n) is 5.45. The van der Waals surface area contributed by atoms with Gasteiger partial charge in [-0.2, -0.15) is 0 Å². The maximum atomic E-state index is 11.7. The fraction of sp³-hybridized carbons (Fsp3) is 0.222. The molecule has 3 aromatic rings. The minimum atomic E-state index is -0.990. The van der Waals surface area contributed by atoms with E-state index in [1.165, 1.54) is 0 Å². The Morgan fingerprint density at radius 1 is 1.21 bits per heavy atom. The summed E-state index contributed by atoms with van der Waals surface area (Å²) in [6.45, 7) is 2.28. The SMILES string of the molecule is COc1ccnc(Cn2c(C(=O)O)cc3c(OC)ccc(C)c32)c1. The second-order valence-corrected chi connectivity index (χ2v) is 5.45. The number of carboxylic acids is 1. The van der Waals surface area contributed by atoms with Crippen LogP contribution in [0.3, 0.4) is 0 Å². The van der Waals surface area contributed by atoms with Gasteiger partial charge in [0, 0.05) is 17.6 Å². The lowest BCUT2D eigenvalue weighted by Gasteiger charge is -2.11. The molecule has 0 radical (unpaired) electrons. The molecule has 0 unspecified atom stereocenters. The van der Waals surface area contributed by atoms with Crippen LogP contribution in [0.25, 0.3) is 10.9 Å². The molecule has 24 heavy (non-hydrogen) atoms. The Labute approximate surface area is 139 Å². The van der Waals surface area contributed by atoms with Crippen molar-refractivity contribution < 1.29 is 19.4 Å². The Bertz CT molecular complexity index is 915. The van der Waals surface area contributed by atoms with Gasteiger partial charge in [-0.25, -0.2) is 4.79 Å². The number of benzene rings is 1. The Morgan fingerprint density at radius 2 is 2.00 bits per heavy atom. The first-order valence-electron chi connectivity index (χ1n) is 7.44. The molecule has 0 saturated carbocycles. The maximum Gasteiger partial charge on any atom is 0.352 e. The van der Waals surface area contributed by atoms with E-state index in [2.05, 4.69) is 4.98 Å². The largest absolute Gasteiger partial charge is 0.497 e. The second kappa shape index (κ2) is 6.23. The highest BCUT2D eigenvalue weighted by molar-refractivity contribution is 5.98. The van der Waals surface area contributed by atoms with Crippen LogP contribution in [0.4, 0.5) is 0 Å². The predicted molar refractivity (Wildman–Crippen MR) is 90.1 cm³/mol. The molecule has 2 aromatic heterocycles. The molecular formula is C18H18N2O4. The molecule has 1 N–H and O–H groups in total. The molecule has 0 spiro atoms. The lowest BCUT2D eigenvalue weighted by atomic mass is 10.1. The van der Waals surface area contributed by atoms with Crippen LogP contribution in [0, 0.1) is 6.92 Å². The van der Waals surface area contributed by atoms with Crippen LogP contribution in [-0.2, 0) is 6.54 Å². The van der Waals surface area contributed by atoms with Gasteiger partial charge in [0.05, 0.1) is 32.0 Å². The van der Waals surface area contributed by atoms with E-state index < -0.39 is 5.97 Å². The number of hydrogen-bond donors (Lipinski definition) is 1. The Hall–Kier alpha value is -3.02. The lowest BCUT2D eigenvalue weighted by Crippen LogP contribution is -2.10. The van der Waals surface area contributed by atoms with Crippen LogP contribution in [-0.4, -0.2) is 34.8 Å². The van der Waals surface area contributed by atoms with Crippen molar-refractivity contribution in [1.82, 2.24) is 9.55 Å². The number of carboxylic acid groups (broad SMARTS) is 1. The van der Waals surface area contributed by atoms with E-state index >= 15 is 0 Å². The number of aryl methyl sites for hydroxylation is 1. The molecule has 0 aliphatic carbocycles. The van der Waals surface area contributed by atoms with Crippen molar-refractivity contribution in [2.75, 3.05) is 14.2 Å². The smallest absolute Gasteiger partial charge is 0.352 e. The normalized spacial score (nSPS) is 10.8. The van der Waals surface area contributed by atoms with Gasteiger partial charge in [0.1, 0.15) is 17.2 Å². The van der Waals surface area contributed by atoms with Crippen LogP contribution in [0.1, 0.15) is 21.7 Å². The van der Waals surface area contributed by atoms with Crippen molar-refractivity contribution >= 4 is 16.9 Å². The van der Waals surface area contributed by atoms with E-state index in [0.717, 1.165) is 22.2 Å². The summed E-state index contributed by atoms with van der Waals surface area (Å²) < 4.78 is 12.3. The summed E-state index contributed by atoms with van der Waals surface area (Å²) in [7, 11) is 3.16. The minimum Gasteiger partial charge on any atom is -0.497 e. The molecular weight excluding hydrogens is 308 g/mol. The van der Waals surface area contributed by atoms with Crippen molar-refractivity contribution in [2.45, 2.75) is 13.5 Å². The topological polar surface area (TPSA) is 73.6 Å². The molecule has 0 amide bonds. The molecule has 0 saturated heterocycles. The Kier molecular flexibility index (Phi) is 4.12. The van der Waals surface area contributed by atoms with E-state index in [1.54, 1.807) is 43.2 Å². The van der Waals surface area contributed by atoms with Crippen molar-refractivity contribution in [1.29, 1.82) is 0 Å². The van der Waals surface area contributed by atoms with Crippen LogP contribution < -0.4 is 9.47 Å². The highest BCUT2D eigenvalue weighted by Gasteiger charge is 2.19. The van der Waals surface area contributed by atoms with Crippen molar-refractivity contribution in [3.63, 3.8) is 0 Å². The van der Waals surface area contributed by atoms with E-state index in [4.69, 9.17) is 9.47 Å². The molecule has 0 aliphatic heterocycles. The number of aromatic carboxylic acids is 1. The molecule has 0 atom stereocenters. The van der Waals surface area contributed by atoms with Gasteiger partial charge >= 0.3 is 5.97 Å². The molecule has 1 aromatic carbocycles. The summed E-state index contributed by atoms with van der Waals surface area (Å²) in [6.07, 6.45) is 1.65. The number of pyridine rings is 1. The van der Waals surface area contributed by atoms with Crippen molar-refractivity contribution in [3.05, 3.63) is 53.5 Å². The highest BCUT2D eigenvalue weighted by Crippen LogP contribution is 2.32. The van der Waals surface area contributed by atoms with Crippen LogP contribution in [0.15, 0.2) is 36.5 Å². The van der Waals surface area contributed by atoms with Gasteiger partial charge in [0.2, 0.25) is 0 Å². The fourth-order valence-corrected chi connectivity index (χ4v) is 2.88. The Balaban J connectivity index is 2.21. The summed E-state index contributed by atoms with van der Waals surface area (Å²) in [4.78, 5) is 16.0. The van der Waals surface area contributed by atoms with Gasteiger partial charge in [-0.1, -0.05) is 6.07 Å². The average molecular weight is 326 g/mol. The molecule has 6 nitrogen and oxygen atoms in total. The third-order valence-corrected chi connectivity index (χ3v) is 4.00. The standard InChI is InChI=1S/C18H18N2O4/c1-11-4-5-16(24-3)14-9-15(18(21)22)20(17(11)14)10-12-8-13(23-2)6-7-19-12/h4-9H,10H2,1-3H3,(H,21,22). The molecule has 0 aliphatic rings. The third kappa shape index (κ3) is 2.67. The zero-order valence-electron chi connectivity index (χ0n) is 13.7. The number of ether oxygens (including phenoxy) is 2. The zero-order chi connectivity index (χ0) is 17.3. The van der Waals surface area contributed by atoms with E-state index in [0.29, 0.717) is 18.0 Å². The zero-order valence-corrected chi connectivity index (χ0v) is 13.7. The summed E-state index contributed by atoms with van der Waals surface area (Å²) in [5.41, 5.74) is 2.72. The summed E-state index contributed by atoms with van der Waals surface area (Å²) >= 11 is 0. The van der Waals surface area contributed by atoms with Crippen LogP contribution >= 0.6 is 0 Å². The third-order valence-electron chi connectivity index (χ3n) is 4.00.